The monoisotopic (exact) mass is 348 g/mol. The molecule has 0 saturated heterocycles. The molecule has 19 heavy (non-hydrogen) atoms. The van der Waals surface area contributed by atoms with E-state index in [1.165, 1.54) is 18.2 Å². The fraction of sp³-hybridized carbons (Fsp3) is 0.182. The number of aromatic nitrogens is 1. The van der Waals surface area contributed by atoms with Crippen LogP contribution in [0.15, 0.2) is 33.3 Å². The van der Waals surface area contributed by atoms with Crippen LogP contribution in [0.2, 0.25) is 0 Å². The predicted octanol–water partition coefficient (Wildman–Crippen LogP) is 2.83. The van der Waals surface area contributed by atoms with Crippen LogP contribution in [0.5, 0.6) is 0 Å². The maximum Gasteiger partial charge on any atom is 0.238 e. The molecule has 0 aliphatic carbocycles. The lowest BCUT2D eigenvalue weighted by atomic mass is 10.3. The molecule has 2 rings (SSSR count). The van der Waals surface area contributed by atoms with Gasteiger partial charge in [-0.25, -0.2) is 12.8 Å². The first kappa shape index (κ1) is 14.0. The Bertz CT molecular complexity index is 700. The number of nitrogens with one attached hydrogen (secondary N) is 1. The van der Waals surface area contributed by atoms with E-state index in [4.69, 9.17) is 4.52 Å². The minimum Gasteiger partial charge on any atom is -0.361 e. The summed E-state index contributed by atoms with van der Waals surface area (Å²) in [4.78, 5) is 0. The van der Waals surface area contributed by atoms with Gasteiger partial charge in [-0.3, -0.25) is 4.72 Å². The topological polar surface area (TPSA) is 72.2 Å². The van der Waals surface area contributed by atoms with Crippen LogP contribution in [0.3, 0.4) is 0 Å². The summed E-state index contributed by atoms with van der Waals surface area (Å²) in [6.45, 7) is 1.66. The lowest BCUT2D eigenvalue weighted by Crippen LogP contribution is -2.16. The van der Waals surface area contributed by atoms with Gasteiger partial charge in [0.1, 0.15) is 23.0 Å². The Morgan fingerprint density at radius 1 is 1.42 bits per heavy atom. The molecular formula is C11H10BrFN2O3S. The van der Waals surface area contributed by atoms with Crippen molar-refractivity contribution in [2.24, 2.45) is 0 Å². The molecule has 1 heterocycles. The van der Waals surface area contributed by atoms with E-state index in [1.54, 1.807) is 13.0 Å². The van der Waals surface area contributed by atoms with Gasteiger partial charge in [-0.15, -0.1) is 0 Å². The largest absolute Gasteiger partial charge is 0.361 e. The van der Waals surface area contributed by atoms with Crippen LogP contribution >= 0.6 is 15.9 Å². The van der Waals surface area contributed by atoms with Crippen LogP contribution in [0.4, 0.5) is 10.1 Å². The standard InChI is InChI=1S/C11H10BrFN2O3S/c1-7-4-9(14-18-7)6-19(16,17)15-11-3-2-8(12)5-10(11)13/h2-5,15H,6H2,1H3. The molecule has 0 fully saturated rings. The Kier molecular flexibility index (Phi) is 3.91. The van der Waals surface area contributed by atoms with E-state index in [0.29, 0.717) is 10.2 Å². The molecule has 0 aliphatic heterocycles. The highest BCUT2D eigenvalue weighted by atomic mass is 79.9. The molecule has 1 aromatic heterocycles. The SMILES string of the molecule is Cc1cc(CS(=O)(=O)Nc2ccc(Br)cc2F)no1. The third-order valence-electron chi connectivity index (χ3n) is 2.21. The van der Waals surface area contributed by atoms with Crippen molar-refractivity contribution in [3.63, 3.8) is 0 Å². The number of halogens is 2. The van der Waals surface area contributed by atoms with Crippen molar-refractivity contribution in [1.82, 2.24) is 5.16 Å². The second kappa shape index (κ2) is 5.30. The molecule has 0 aliphatic rings. The number of anilines is 1. The van der Waals surface area contributed by atoms with Gasteiger partial charge in [0.25, 0.3) is 0 Å². The van der Waals surface area contributed by atoms with Crippen molar-refractivity contribution in [1.29, 1.82) is 0 Å². The van der Waals surface area contributed by atoms with Crippen LogP contribution in [0.1, 0.15) is 11.5 Å². The van der Waals surface area contributed by atoms with E-state index in [1.807, 2.05) is 0 Å². The number of rotatable bonds is 4. The molecule has 0 saturated carbocycles. The summed E-state index contributed by atoms with van der Waals surface area (Å²) in [5.41, 5.74) is 0.158. The minimum atomic E-state index is -3.74. The number of hydrogen-bond donors (Lipinski definition) is 1. The lowest BCUT2D eigenvalue weighted by molar-refractivity contribution is 0.392. The Morgan fingerprint density at radius 2 is 2.16 bits per heavy atom. The minimum absolute atomic E-state index is 0.108. The molecule has 0 atom stereocenters. The van der Waals surface area contributed by atoms with Gasteiger partial charge in [0, 0.05) is 10.5 Å². The van der Waals surface area contributed by atoms with Gasteiger partial charge >= 0.3 is 0 Å². The van der Waals surface area contributed by atoms with Crippen molar-refractivity contribution in [2.45, 2.75) is 12.7 Å². The summed E-state index contributed by atoms with van der Waals surface area (Å²) in [6.07, 6.45) is 0. The van der Waals surface area contributed by atoms with Gasteiger partial charge in [0.05, 0.1) is 5.69 Å². The van der Waals surface area contributed by atoms with Crippen LogP contribution in [-0.2, 0) is 15.8 Å². The number of sulfonamides is 1. The predicted molar refractivity (Wildman–Crippen MR) is 71.6 cm³/mol. The molecular weight excluding hydrogens is 339 g/mol. The van der Waals surface area contributed by atoms with Crippen molar-refractivity contribution >= 4 is 31.6 Å². The molecule has 0 radical (unpaired) electrons. The number of benzene rings is 1. The van der Waals surface area contributed by atoms with E-state index in [-0.39, 0.29) is 17.1 Å². The highest BCUT2D eigenvalue weighted by molar-refractivity contribution is 9.10. The summed E-state index contributed by atoms with van der Waals surface area (Å²) in [7, 11) is -3.74. The summed E-state index contributed by atoms with van der Waals surface area (Å²) in [6, 6.07) is 5.57. The second-order valence-corrected chi connectivity index (χ2v) is 6.55. The summed E-state index contributed by atoms with van der Waals surface area (Å²) in [5.74, 6) is -0.519. The first-order valence-corrected chi connectivity index (χ1v) is 7.68. The lowest BCUT2D eigenvalue weighted by Gasteiger charge is -2.07. The zero-order valence-electron chi connectivity index (χ0n) is 9.85. The number of nitrogens with zero attached hydrogens (tertiary/aromatic N) is 1. The first-order chi connectivity index (χ1) is 8.85. The Morgan fingerprint density at radius 3 is 2.74 bits per heavy atom. The molecule has 0 amide bonds. The van der Waals surface area contributed by atoms with Crippen molar-refractivity contribution in [2.75, 3.05) is 4.72 Å². The maximum atomic E-state index is 13.5. The van der Waals surface area contributed by atoms with Gasteiger partial charge < -0.3 is 4.52 Å². The summed E-state index contributed by atoms with van der Waals surface area (Å²) in [5, 5.41) is 3.58. The zero-order valence-corrected chi connectivity index (χ0v) is 12.3. The third kappa shape index (κ3) is 3.77. The Hall–Kier alpha value is -1.41. The molecule has 0 unspecified atom stereocenters. The number of aryl methyl sites for hydroxylation is 1. The van der Waals surface area contributed by atoms with Gasteiger partial charge in [-0.05, 0) is 25.1 Å². The summed E-state index contributed by atoms with van der Waals surface area (Å²) < 4.78 is 44.7. The molecule has 8 heteroatoms. The quantitative estimate of drug-likeness (QED) is 0.921. The van der Waals surface area contributed by atoms with Gasteiger partial charge in [-0.2, -0.15) is 0 Å². The first-order valence-electron chi connectivity index (χ1n) is 5.23. The average Bonchev–Trinajstić information content (AvgIpc) is 2.67. The van der Waals surface area contributed by atoms with E-state index in [2.05, 4.69) is 25.8 Å². The Labute approximate surface area is 118 Å². The average molecular weight is 349 g/mol. The Balaban J connectivity index is 2.17. The molecule has 2 aromatic rings. The third-order valence-corrected chi connectivity index (χ3v) is 3.91. The van der Waals surface area contributed by atoms with Gasteiger partial charge in [0.2, 0.25) is 10.0 Å². The van der Waals surface area contributed by atoms with E-state index in [9.17, 15) is 12.8 Å². The van der Waals surface area contributed by atoms with Crippen LogP contribution in [0, 0.1) is 12.7 Å². The van der Waals surface area contributed by atoms with Crippen LogP contribution in [0.25, 0.3) is 0 Å². The van der Waals surface area contributed by atoms with Gasteiger partial charge in [0.15, 0.2) is 0 Å². The van der Waals surface area contributed by atoms with Crippen LogP contribution in [-0.4, -0.2) is 13.6 Å². The highest BCUT2D eigenvalue weighted by Crippen LogP contribution is 2.21. The fourth-order valence-electron chi connectivity index (χ4n) is 1.46. The molecule has 102 valence electrons. The van der Waals surface area contributed by atoms with E-state index < -0.39 is 15.8 Å². The van der Waals surface area contributed by atoms with Crippen molar-refractivity contribution < 1.29 is 17.3 Å². The molecule has 0 bridgehead atoms. The van der Waals surface area contributed by atoms with Crippen LogP contribution < -0.4 is 4.72 Å². The van der Waals surface area contributed by atoms with E-state index >= 15 is 0 Å². The maximum absolute atomic E-state index is 13.5. The molecule has 1 N–H and O–H groups in total. The van der Waals surface area contributed by atoms with E-state index in [0.717, 1.165) is 0 Å². The van der Waals surface area contributed by atoms with Crippen molar-refractivity contribution in [3.05, 3.63) is 46.0 Å². The van der Waals surface area contributed by atoms with Gasteiger partial charge in [-0.1, -0.05) is 21.1 Å². The zero-order chi connectivity index (χ0) is 14.0. The second-order valence-electron chi connectivity index (χ2n) is 3.91. The smallest absolute Gasteiger partial charge is 0.238 e. The molecule has 1 aromatic carbocycles. The molecule has 5 nitrogen and oxygen atoms in total. The normalized spacial score (nSPS) is 11.5. The highest BCUT2D eigenvalue weighted by Gasteiger charge is 2.16. The van der Waals surface area contributed by atoms with Crippen molar-refractivity contribution in [3.8, 4) is 0 Å². The fourth-order valence-corrected chi connectivity index (χ4v) is 2.89. The summed E-state index contributed by atoms with van der Waals surface area (Å²) >= 11 is 3.09. The number of hydrogen-bond acceptors (Lipinski definition) is 4. The molecule has 0 spiro atoms.